The van der Waals surface area contributed by atoms with Crippen LogP contribution in [-0.2, 0) is 7.05 Å². The Balaban J connectivity index is 2.54. The summed E-state index contributed by atoms with van der Waals surface area (Å²) in [5.74, 6) is 0.495. The highest BCUT2D eigenvalue weighted by molar-refractivity contribution is 9.10. The van der Waals surface area contributed by atoms with Crippen molar-refractivity contribution in [1.82, 2.24) is 15.0 Å². The van der Waals surface area contributed by atoms with Gasteiger partial charge in [0.2, 0.25) is 5.78 Å². The van der Waals surface area contributed by atoms with Gasteiger partial charge in [-0.3, -0.25) is 4.79 Å². The Bertz CT molecular complexity index is 653. The zero-order valence-corrected chi connectivity index (χ0v) is 13.3. The molecule has 0 atom stereocenters. The number of benzene rings is 1. The van der Waals surface area contributed by atoms with Crippen molar-refractivity contribution in [2.45, 2.75) is 0 Å². The second-order valence-corrected chi connectivity index (χ2v) is 5.03. The third-order valence-corrected chi connectivity index (χ3v) is 3.51. The number of halogens is 2. The molecule has 20 heavy (non-hydrogen) atoms. The minimum atomic E-state index is -0.271. The van der Waals surface area contributed by atoms with Crippen molar-refractivity contribution in [3.8, 4) is 11.5 Å². The Kier molecular flexibility index (Phi) is 4.29. The van der Waals surface area contributed by atoms with Crippen LogP contribution < -0.4 is 9.47 Å². The van der Waals surface area contributed by atoms with Gasteiger partial charge in [0.25, 0.3) is 0 Å². The minimum absolute atomic E-state index is 0.271. The van der Waals surface area contributed by atoms with Gasteiger partial charge in [-0.25, -0.2) is 4.68 Å². The van der Waals surface area contributed by atoms with E-state index in [2.05, 4.69) is 26.2 Å². The number of rotatable bonds is 4. The summed E-state index contributed by atoms with van der Waals surface area (Å²) in [7, 11) is 4.59. The summed E-state index contributed by atoms with van der Waals surface area (Å²) in [5, 5.41) is 7.85. The molecule has 2 rings (SSSR count). The zero-order valence-electron chi connectivity index (χ0n) is 11.0. The lowest BCUT2D eigenvalue weighted by molar-refractivity contribution is 0.102. The second kappa shape index (κ2) is 5.80. The van der Waals surface area contributed by atoms with Gasteiger partial charge >= 0.3 is 0 Å². The third-order valence-electron chi connectivity index (χ3n) is 2.70. The molecule has 1 aromatic carbocycles. The Morgan fingerprint density at radius 3 is 2.55 bits per heavy atom. The summed E-state index contributed by atoms with van der Waals surface area (Å²) >= 11 is 9.28. The molecule has 0 fully saturated rings. The lowest BCUT2D eigenvalue weighted by Gasteiger charge is -2.11. The topological polar surface area (TPSA) is 66.2 Å². The molecule has 0 aliphatic rings. The average Bonchev–Trinajstić information content (AvgIpc) is 2.76. The van der Waals surface area contributed by atoms with Crippen LogP contribution in [0.2, 0.25) is 5.02 Å². The first-order valence-corrected chi connectivity index (χ1v) is 6.68. The molecular weight excluding hydrogens is 350 g/mol. The van der Waals surface area contributed by atoms with Gasteiger partial charge in [-0.15, -0.1) is 5.10 Å². The van der Waals surface area contributed by atoms with Gasteiger partial charge in [-0.05, 0) is 28.1 Å². The monoisotopic (exact) mass is 359 g/mol. The number of ether oxygens (including phenoxy) is 2. The lowest BCUT2D eigenvalue weighted by atomic mass is 10.1. The highest BCUT2D eigenvalue weighted by Crippen LogP contribution is 2.36. The molecule has 0 saturated heterocycles. The van der Waals surface area contributed by atoms with Crippen LogP contribution in [-0.4, -0.2) is 35.0 Å². The first-order chi connectivity index (χ1) is 9.49. The van der Waals surface area contributed by atoms with Gasteiger partial charge in [0.1, 0.15) is 5.69 Å². The molecule has 0 bridgehead atoms. The van der Waals surface area contributed by atoms with Crippen molar-refractivity contribution < 1.29 is 14.3 Å². The highest BCUT2D eigenvalue weighted by Gasteiger charge is 2.21. The van der Waals surface area contributed by atoms with Crippen LogP contribution >= 0.6 is 27.5 Å². The van der Waals surface area contributed by atoms with E-state index in [0.717, 1.165) is 0 Å². The van der Waals surface area contributed by atoms with Gasteiger partial charge in [0, 0.05) is 12.6 Å². The van der Waals surface area contributed by atoms with E-state index in [0.29, 0.717) is 32.4 Å². The number of carbonyl (C=O) groups is 1. The van der Waals surface area contributed by atoms with Gasteiger partial charge < -0.3 is 9.47 Å². The summed E-state index contributed by atoms with van der Waals surface area (Å²) in [4.78, 5) is 12.5. The molecule has 0 aliphatic heterocycles. The van der Waals surface area contributed by atoms with Crippen molar-refractivity contribution in [2.75, 3.05) is 14.2 Å². The van der Waals surface area contributed by atoms with Gasteiger partial charge in [-0.2, -0.15) is 0 Å². The van der Waals surface area contributed by atoms with E-state index in [-0.39, 0.29) is 5.78 Å². The van der Waals surface area contributed by atoms with Crippen LogP contribution in [0.15, 0.2) is 16.7 Å². The summed E-state index contributed by atoms with van der Waals surface area (Å²) in [6.07, 6.45) is 0. The van der Waals surface area contributed by atoms with Gasteiger partial charge in [0.15, 0.2) is 16.1 Å². The number of aryl methyl sites for hydroxylation is 1. The van der Waals surface area contributed by atoms with E-state index < -0.39 is 0 Å². The molecule has 0 N–H and O–H groups in total. The van der Waals surface area contributed by atoms with Gasteiger partial charge in [-0.1, -0.05) is 16.8 Å². The maximum absolute atomic E-state index is 12.5. The SMILES string of the molecule is COc1cc(C(=O)c2c(Br)nnn2C)cc(Cl)c1OC. The van der Waals surface area contributed by atoms with Crippen LogP contribution in [0.25, 0.3) is 0 Å². The number of hydrogen-bond acceptors (Lipinski definition) is 5. The maximum Gasteiger partial charge on any atom is 0.214 e. The molecule has 8 heteroatoms. The molecule has 6 nitrogen and oxygen atoms in total. The van der Waals surface area contributed by atoms with Crippen LogP contribution in [0.1, 0.15) is 16.1 Å². The third kappa shape index (κ3) is 2.51. The normalized spacial score (nSPS) is 10.4. The molecular formula is C12H11BrClN3O3. The molecule has 2 aromatic rings. The Hall–Kier alpha value is -1.60. The van der Waals surface area contributed by atoms with Crippen LogP contribution in [0.4, 0.5) is 0 Å². The first kappa shape index (κ1) is 14.8. The number of hydrogen-bond donors (Lipinski definition) is 0. The lowest BCUT2D eigenvalue weighted by Crippen LogP contribution is -2.09. The van der Waals surface area contributed by atoms with E-state index in [1.54, 1.807) is 13.1 Å². The van der Waals surface area contributed by atoms with Crippen LogP contribution in [0, 0.1) is 0 Å². The van der Waals surface area contributed by atoms with Crippen molar-refractivity contribution in [1.29, 1.82) is 0 Å². The molecule has 0 unspecified atom stereocenters. The Morgan fingerprint density at radius 1 is 1.35 bits per heavy atom. The predicted octanol–water partition coefficient (Wildman–Crippen LogP) is 2.48. The molecule has 0 aliphatic carbocycles. The number of methoxy groups -OCH3 is 2. The molecule has 0 spiro atoms. The van der Waals surface area contributed by atoms with Crippen molar-refractivity contribution >= 4 is 33.3 Å². The Morgan fingerprint density at radius 2 is 2.05 bits per heavy atom. The number of aromatic nitrogens is 3. The zero-order chi connectivity index (χ0) is 14.9. The fraction of sp³-hybridized carbons (Fsp3) is 0.250. The fourth-order valence-electron chi connectivity index (χ4n) is 1.76. The molecule has 0 amide bonds. The molecule has 0 radical (unpaired) electrons. The van der Waals surface area contributed by atoms with Crippen LogP contribution in [0.5, 0.6) is 11.5 Å². The summed E-state index contributed by atoms with van der Waals surface area (Å²) in [5.41, 5.74) is 0.687. The van der Waals surface area contributed by atoms with Crippen molar-refractivity contribution in [3.63, 3.8) is 0 Å². The molecule has 106 valence electrons. The summed E-state index contributed by atoms with van der Waals surface area (Å²) in [6.45, 7) is 0. The second-order valence-electron chi connectivity index (χ2n) is 3.88. The number of ketones is 1. The average molecular weight is 361 g/mol. The standard InChI is InChI=1S/C12H11BrClN3O3/c1-17-9(12(13)15-16-17)10(18)6-4-7(14)11(20-3)8(5-6)19-2/h4-5H,1-3H3. The largest absolute Gasteiger partial charge is 0.493 e. The highest BCUT2D eigenvalue weighted by atomic mass is 79.9. The number of carbonyl (C=O) groups excluding carboxylic acids is 1. The fourth-order valence-corrected chi connectivity index (χ4v) is 2.55. The van der Waals surface area contributed by atoms with Crippen LogP contribution in [0.3, 0.4) is 0 Å². The quantitative estimate of drug-likeness (QED) is 0.784. The van der Waals surface area contributed by atoms with E-state index in [1.165, 1.54) is 25.0 Å². The summed E-state index contributed by atoms with van der Waals surface area (Å²) in [6, 6.07) is 3.08. The smallest absolute Gasteiger partial charge is 0.214 e. The Labute approximate surface area is 128 Å². The van der Waals surface area contributed by atoms with Crippen molar-refractivity contribution in [3.05, 3.63) is 33.0 Å². The molecule has 1 aromatic heterocycles. The van der Waals surface area contributed by atoms with Gasteiger partial charge in [0.05, 0.1) is 19.2 Å². The minimum Gasteiger partial charge on any atom is -0.493 e. The molecule has 1 heterocycles. The van der Waals surface area contributed by atoms with Crippen molar-refractivity contribution in [2.24, 2.45) is 7.05 Å². The predicted molar refractivity (Wildman–Crippen MR) is 76.7 cm³/mol. The molecule has 0 saturated carbocycles. The number of nitrogens with zero attached hydrogens (tertiary/aromatic N) is 3. The first-order valence-electron chi connectivity index (χ1n) is 5.51. The van der Waals surface area contributed by atoms with E-state index in [1.807, 2.05) is 0 Å². The summed E-state index contributed by atoms with van der Waals surface area (Å²) < 4.78 is 12.1. The van der Waals surface area contributed by atoms with E-state index in [4.69, 9.17) is 21.1 Å². The van der Waals surface area contributed by atoms with E-state index in [9.17, 15) is 4.79 Å². The van der Waals surface area contributed by atoms with E-state index >= 15 is 0 Å². The maximum atomic E-state index is 12.5.